The highest BCUT2D eigenvalue weighted by atomic mass is 16.1. The second-order valence-corrected chi connectivity index (χ2v) is 4.41. The predicted molar refractivity (Wildman–Crippen MR) is 62.0 cm³/mol. The lowest BCUT2D eigenvalue weighted by molar-refractivity contribution is -0.118. The highest BCUT2D eigenvalue weighted by Gasteiger charge is 2.25. The van der Waals surface area contributed by atoms with Gasteiger partial charge < -0.3 is 0 Å². The van der Waals surface area contributed by atoms with Gasteiger partial charge in [-0.1, -0.05) is 37.6 Å². The molecule has 2 rings (SSSR count). The second-order valence-electron chi connectivity index (χ2n) is 4.41. The van der Waals surface area contributed by atoms with Crippen molar-refractivity contribution in [2.75, 3.05) is 0 Å². The zero-order valence-corrected chi connectivity index (χ0v) is 9.33. The van der Waals surface area contributed by atoms with Crippen LogP contribution in [0.1, 0.15) is 49.7 Å². The molecule has 1 fully saturated rings. The molecule has 1 aromatic rings. The van der Waals surface area contributed by atoms with Gasteiger partial charge in [-0.05, 0) is 30.4 Å². The molecule has 0 bridgehead atoms. The van der Waals surface area contributed by atoms with E-state index < -0.39 is 0 Å². The molecule has 0 aliphatic heterocycles. The fourth-order valence-electron chi connectivity index (χ4n) is 2.42. The lowest BCUT2D eigenvalue weighted by atomic mass is 9.94. The Morgan fingerprint density at radius 3 is 2.93 bits per heavy atom. The van der Waals surface area contributed by atoms with Gasteiger partial charge in [0.1, 0.15) is 5.78 Å². The fourth-order valence-corrected chi connectivity index (χ4v) is 2.42. The van der Waals surface area contributed by atoms with Crippen LogP contribution >= 0.6 is 0 Å². The molecule has 0 radical (unpaired) electrons. The molecule has 80 valence electrons. The Bertz CT molecular complexity index is 354. The number of ketones is 1. The molecule has 1 saturated carbocycles. The highest BCUT2D eigenvalue weighted by Crippen LogP contribution is 2.31. The molecule has 1 unspecified atom stereocenters. The highest BCUT2D eigenvalue weighted by molar-refractivity contribution is 5.87. The van der Waals surface area contributed by atoms with Crippen molar-refractivity contribution in [3.05, 3.63) is 35.4 Å². The number of rotatable bonds is 3. The molecule has 1 aliphatic rings. The lowest BCUT2D eigenvalue weighted by Crippen LogP contribution is -2.04. The maximum absolute atomic E-state index is 11.6. The molecule has 1 nitrogen and oxygen atoms in total. The van der Waals surface area contributed by atoms with Crippen LogP contribution in [-0.4, -0.2) is 5.78 Å². The normalized spacial score (nSPS) is 20.9. The number of hydrogen-bond acceptors (Lipinski definition) is 1. The first-order valence-electron chi connectivity index (χ1n) is 5.93. The third-order valence-electron chi connectivity index (χ3n) is 3.20. The maximum Gasteiger partial charge on any atom is 0.140 e. The molecular weight excluding hydrogens is 184 g/mol. The number of hydrogen-bond donors (Lipinski definition) is 0. The Kier molecular flexibility index (Phi) is 3.20. The topological polar surface area (TPSA) is 17.1 Å². The van der Waals surface area contributed by atoms with Gasteiger partial charge in [0.05, 0.1) is 0 Å². The molecule has 0 heterocycles. The van der Waals surface area contributed by atoms with Crippen LogP contribution in [0.15, 0.2) is 24.3 Å². The Hall–Kier alpha value is -1.11. The van der Waals surface area contributed by atoms with E-state index in [2.05, 4.69) is 31.2 Å². The van der Waals surface area contributed by atoms with Crippen molar-refractivity contribution in [1.29, 1.82) is 0 Å². The number of benzene rings is 1. The van der Waals surface area contributed by atoms with E-state index in [-0.39, 0.29) is 5.92 Å². The van der Waals surface area contributed by atoms with Gasteiger partial charge in [0.25, 0.3) is 0 Å². The summed E-state index contributed by atoms with van der Waals surface area (Å²) in [5.74, 6) is 0.630. The Morgan fingerprint density at radius 2 is 2.27 bits per heavy atom. The third-order valence-corrected chi connectivity index (χ3v) is 3.20. The number of carbonyl (C=O) groups excluding carboxylic acids is 1. The summed E-state index contributed by atoms with van der Waals surface area (Å²) in [5, 5.41) is 0. The van der Waals surface area contributed by atoms with Gasteiger partial charge in [-0.3, -0.25) is 4.79 Å². The average Bonchev–Trinajstić information content (AvgIpc) is 2.65. The van der Waals surface area contributed by atoms with Crippen molar-refractivity contribution in [3.8, 4) is 0 Å². The predicted octanol–water partition coefficient (Wildman–Crippen LogP) is 3.48. The summed E-state index contributed by atoms with van der Waals surface area (Å²) < 4.78 is 0. The molecule has 1 atom stereocenters. The van der Waals surface area contributed by atoms with E-state index in [9.17, 15) is 4.79 Å². The van der Waals surface area contributed by atoms with Crippen LogP contribution in [0.25, 0.3) is 0 Å². The average molecular weight is 202 g/mol. The zero-order chi connectivity index (χ0) is 10.7. The number of aryl methyl sites for hydroxylation is 1. The van der Waals surface area contributed by atoms with E-state index in [0.717, 1.165) is 25.7 Å². The molecule has 1 heteroatoms. The Labute approximate surface area is 91.5 Å². The van der Waals surface area contributed by atoms with Gasteiger partial charge in [-0.15, -0.1) is 0 Å². The Balaban J connectivity index is 2.20. The molecule has 1 aromatic carbocycles. The molecule has 0 amide bonds. The van der Waals surface area contributed by atoms with Crippen molar-refractivity contribution >= 4 is 5.78 Å². The maximum atomic E-state index is 11.6. The molecule has 15 heavy (non-hydrogen) atoms. The summed E-state index contributed by atoms with van der Waals surface area (Å²) in [6.45, 7) is 2.19. The van der Waals surface area contributed by atoms with Crippen LogP contribution < -0.4 is 0 Å². The number of carbonyl (C=O) groups is 1. The van der Waals surface area contributed by atoms with E-state index in [1.807, 2.05) is 0 Å². The summed E-state index contributed by atoms with van der Waals surface area (Å²) in [6, 6.07) is 8.57. The zero-order valence-electron chi connectivity index (χ0n) is 9.33. The Morgan fingerprint density at radius 1 is 1.40 bits per heavy atom. The van der Waals surface area contributed by atoms with Crippen molar-refractivity contribution in [2.24, 2.45) is 0 Å². The summed E-state index contributed by atoms with van der Waals surface area (Å²) in [4.78, 5) is 11.6. The molecule has 0 N–H and O–H groups in total. The van der Waals surface area contributed by atoms with Crippen LogP contribution in [-0.2, 0) is 11.2 Å². The molecule has 0 aromatic heterocycles. The van der Waals surface area contributed by atoms with Crippen LogP contribution in [0.4, 0.5) is 0 Å². The first-order valence-corrected chi connectivity index (χ1v) is 5.93. The standard InChI is InChI=1S/C14H18O/c1-2-5-11-6-3-7-12(10-11)13-8-4-9-14(13)15/h3,6-7,10,13H,2,4-5,8-9H2,1H3. The summed E-state index contributed by atoms with van der Waals surface area (Å²) in [6.07, 6.45) is 5.19. The third kappa shape index (κ3) is 2.28. The largest absolute Gasteiger partial charge is 0.299 e. The monoisotopic (exact) mass is 202 g/mol. The molecular formula is C14H18O. The van der Waals surface area contributed by atoms with Crippen LogP contribution in [0.3, 0.4) is 0 Å². The second kappa shape index (κ2) is 4.61. The smallest absolute Gasteiger partial charge is 0.140 e. The minimum absolute atomic E-state index is 0.196. The van der Waals surface area contributed by atoms with Gasteiger partial charge in [0.2, 0.25) is 0 Å². The van der Waals surface area contributed by atoms with Gasteiger partial charge in [0.15, 0.2) is 0 Å². The van der Waals surface area contributed by atoms with Gasteiger partial charge in [-0.25, -0.2) is 0 Å². The summed E-state index contributed by atoms with van der Waals surface area (Å²) in [5.41, 5.74) is 2.61. The van der Waals surface area contributed by atoms with Gasteiger partial charge in [-0.2, -0.15) is 0 Å². The first-order chi connectivity index (χ1) is 7.31. The SMILES string of the molecule is CCCc1cccc(C2CCCC2=O)c1. The van der Waals surface area contributed by atoms with Crippen molar-refractivity contribution in [3.63, 3.8) is 0 Å². The van der Waals surface area contributed by atoms with E-state index in [1.165, 1.54) is 17.5 Å². The van der Waals surface area contributed by atoms with Crippen molar-refractivity contribution < 1.29 is 4.79 Å². The fraction of sp³-hybridized carbons (Fsp3) is 0.500. The minimum Gasteiger partial charge on any atom is -0.299 e. The van der Waals surface area contributed by atoms with E-state index in [0.29, 0.717) is 5.78 Å². The van der Waals surface area contributed by atoms with E-state index >= 15 is 0 Å². The summed E-state index contributed by atoms with van der Waals surface area (Å²) in [7, 11) is 0. The van der Waals surface area contributed by atoms with Crippen LogP contribution in [0.5, 0.6) is 0 Å². The van der Waals surface area contributed by atoms with Gasteiger partial charge >= 0.3 is 0 Å². The summed E-state index contributed by atoms with van der Waals surface area (Å²) >= 11 is 0. The van der Waals surface area contributed by atoms with Gasteiger partial charge in [0, 0.05) is 12.3 Å². The van der Waals surface area contributed by atoms with E-state index in [4.69, 9.17) is 0 Å². The van der Waals surface area contributed by atoms with E-state index in [1.54, 1.807) is 0 Å². The van der Waals surface area contributed by atoms with Crippen molar-refractivity contribution in [2.45, 2.75) is 44.9 Å². The van der Waals surface area contributed by atoms with Crippen LogP contribution in [0.2, 0.25) is 0 Å². The number of Topliss-reactive ketones (excluding diaryl/α,β-unsaturated/α-hetero) is 1. The molecule has 1 aliphatic carbocycles. The van der Waals surface area contributed by atoms with Crippen LogP contribution in [0, 0.1) is 0 Å². The molecule has 0 saturated heterocycles. The van der Waals surface area contributed by atoms with Crippen molar-refractivity contribution in [1.82, 2.24) is 0 Å². The molecule has 0 spiro atoms. The first kappa shape index (κ1) is 10.4. The minimum atomic E-state index is 0.196. The quantitative estimate of drug-likeness (QED) is 0.733. The lowest BCUT2D eigenvalue weighted by Gasteiger charge is -2.09.